The van der Waals surface area contributed by atoms with Gasteiger partial charge < -0.3 is 24.4 Å². The molecule has 6 nitrogen and oxygen atoms in total. The molecule has 2 aliphatic rings. The Morgan fingerprint density at radius 1 is 1.46 bits per heavy atom. The van der Waals surface area contributed by atoms with Crippen LogP contribution in [0.25, 0.3) is 0 Å². The summed E-state index contributed by atoms with van der Waals surface area (Å²) < 4.78 is 11.6. The summed E-state index contributed by atoms with van der Waals surface area (Å²) in [5.74, 6) is 1.40. The van der Waals surface area contributed by atoms with Gasteiger partial charge in [0.1, 0.15) is 23.9 Å². The zero-order valence-electron chi connectivity index (χ0n) is 15.3. The lowest BCUT2D eigenvalue weighted by Crippen LogP contribution is -2.43. The van der Waals surface area contributed by atoms with Gasteiger partial charge in [-0.3, -0.25) is 0 Å². The van der Waals surface area contributed by atoms with E-state index in [9.17, 15) is 5.11 Å². The molecule has 2 heterocycles. The molecule has 136 valence electrons. The minimum atomic E-state index is -1.16. The van der Waals surface area contributed by atoms with E-state index < -0.39 is 25.3 Å². The monoisotopic (exact) mass is 355 g/mol. The molecule has 0 aromatic rings. The number of ether oxygens (including phenoxy) is 2. The van der Waals surface area contributed by atoms with Gasteiger partial charge in [-0.2, -0.15) is 0 Å². The minimum absolute atomic E-state index is 0.263. The highest BCUT2D eigenvalue weighted by Gasteiger charge is 2.46. The van der Waals surface area contributed by atoms with E-state index in [4.69, 9.17) is 9.47 Å². The first-order valence-corrected chi connectivity index (χ1v) is 11.1. The summed E-state index contributed by atoms with van der Waals surface area (Å²) in [6.45, 7) is 7.23. The normalized spacial score (nSPS) is 30.7. The first-order chi connectivity index (χ1) is 11.1. The Hall–Kier alpha value is -1.07. The zero-order chi connectivity index (χ0) is 18.1. The number of methoxy groups -OCH3 is 1. The van der Waals surface area contributed by atoms with Gasteiger partial charge >= 0.3 is 0 Å². The van der Waals surface area contributed by atoms with E-state index in [0.29, 0.717) is 5.82 Å². The third kappa shape index (κ3) is 4.31. The molecule has 2 rings (SSSR count). The molecule has 1 unspecified atom stereocenters. The molecule has 0 bridgehead atoms. The van der Waals surface area contributed by atoms with Gasteiger partial charge in [0.25, 0.3) is 0 Å². The lowest BCUT2D eigenvalue weighted by atomic mass is 10.1. The van der Waals surface area contributed by atoms with Crippen LogP contribution < -0.4 is 0 Å². The maximum absolute atomic E-state index is 10.6. The zero-order valence-corrected chi connectivity index (χ0v) is 16.2. The number of aliphatic hydroxyl groups is 1. The smallest absolute Gasteiger partial charge is 0.164 e. The molecule has 1 N–H and O–H groups in total. The van der Waals surface area contributed by atoms with E-state index in [0.717, 1.165) is 18.4 Å². The molecule has 1 fully saturated rings. The summed E-state index contributed by atoms with van der Waals surface area (Å²) in [4.78, 5) is 8.22. The number of likely N-dealkylation sites (N-methyl/N-ethyl adjacent to an activating group) is 1. The van der Waals surface area contributed by atoms with Crippen LogP contribution in [0.5, 0.6) is 0 Å². The molecule has 0 saturated carbocycles. The first kappa shape index (κ1) is 19.3. The van der Waals surface area contributed by atoms with Crippen LogP contribution in [-0.4, -0.2) is 92.3 Å². The molecule has 2 aliphatic heterocycles. The Balaban J connectivity index is 2.11. The highest BCUT2D eigenvalue weighted by atomic mass is 31.2. The molecule has 0 aliphatic carbocycles. The number of aliphatic hydroxyl groups excluding tert-OH is 1. The third-order valence-corrected chi connectivity index (χ3v) is 5.73. The van der Waals surface area contributed by atoms with Crippen LogP contribution in [0.2, 0.25) is 0 Å². The lowest BCUT2D eigenvalue weighted by molar-refractivity contribution is -0.0698. The van der Waals surface area contributed by atoms with E-state index >= 15 is 0 Å². The van der Waals surface area contributed by atoms with Crippen LogP contribution in [0.1, 0.15) is 6.42 Å². The Morgan fingerprint density at radius 2 is 2.12 bits per heavy atom. The Bertz CT molecular complexity index is 582. The van der Waals surface area contributed by atoms with Gasteiger partial charge in [0, 0.05) is 27.4 Å². The minimum Gasteiger partial charge on any atom is -0.388 e. The van der Waals surface area contributed by atoms with E-state index in [-0.39, 0.29) is 6.10 Å². The Kier molecular flexibility index (Phi) is 5.97. The molecular weight excluding hydrogens is 325 g/mol. The summed E-state index contributed by atoms with van der Waals surface area (Å²) in [5.41, 5.74) is 0. The fourth-order valence-electron chi connectivity index (χ4n) is 2.85. The Morgan fingerprint density at radius 3 is 2.62 bits per heavy atom. The summed E-state index contributed by atoms with van der Waals surface area (Å²) in [5, 5.41) is 10.6. The fourth-order valence-corrected chi connectivity index (χ4v) is 3.81. The standard InChI is InChI=1S/C17H30N3O3P/c1-12-18-14(19(2)3)8-10-20(12)17-16(22-4)15(21)13(23-17)9-11-24(5,6)7/h8,10,13,15-17,21H,1,5,9,11H2,2-4,6-7H3/t13?,15-,16-,17-/m1/s1. The lowest BCUT2D eigenvalue weighted by Gasteiger charge is -2.33. The molecule has 0 aromatic heterocycles. The van der Waals surface area contributed by atoms with Crippen LogP contribution in [0.15, 0.2) is 29.7 Å². The fraction of sp³-hybridized carbons (Fsp3) is 0.647. The van der Waals surface area contributed by atoms with Crippen molar-refractivity contribution in [2.45, 2.75) is 31.0 Å². The topological polar surface area (TPSA) is 57.5 Å². The van der Waals surface area contributed by atoms with Gasteiger partial charge in [-0.15, -0.1) is 13.2 Å². The first-order valence-electron chi connectivity index (χ1n) is 8.09. The molecule has 0 aromatic carbocycles. The maximum atomic E-state index is 10.6. The number of nitrogens with zero attached hydrogens (tertiary/aromatic N) is 3. The van der Waals surface area contributed by atoms with E-state index in [1.54, 1.807) is 7.11 Å². The second-order valence-electron chi connectivity index (χ2n) is 7.21. The van der Waals surface area contributed by atoms with Gasteiger partial charge in [-0.05, 0) is 32.0 Å². The van der Waals surface area contributed by atoms with E-state index in [1.807, 2.05) is 36.2 Å². The second-order valence-corrected chi connectivity index (χ2v) is 11.5. The highest BCUT2D eigenvalue weighted by Crippen LogP contribution is 2.39. The van der Waals surface area contributed by atoms with Crippen molar-refractivity contribution in [1.29, 1.82) is 0 Å². The average Bonchev–Trinajstić information content (AvgIpc) is 2.80. The van der Waals surface area contributed by atoms with Gasteiger partial charge in [-0.1, -0.05) is 6.58 Å². The number of hydrogen-bond acceptors (Lipinski definition) is 6. The molecule has 0 radical (unpaired) electrons. The summed E-state index contributed by atoms with van der Waals surface area (Å²) in [6, 6.07) is 0. The number of amidine groups is 1. The SMILES string of the molecule is C=C1N=C(N(C)C)C=CN1[C@@H]1OC(CCP(=C)(C)C)[C@@H](O)[C@H]1OC. The molecular formula is C17H30N3O3P. The van der Waals surface area contributed by atoms with Crippen molar-refractivity contribution >= 4 is 19.0 Å². The summed E-state index contributed by atoms with van der Waals surface area (Å²) in [7, 11) is 5.45. The van der Waals surface area contributed by atoms with Crippen molar-refractivity contribution in [3.63, 3.8) is 0 Å². The largest absolute Gasteiger partial charge is 0.388 e. The van der Waals surface area contributed by atoms with Crippen molar-refractivity contribution in [1.82, 2.24) is 9.80 Å². The van der Waals surface area contributed by atoms with E-state index in [2.05, 4.69) is 31.2 Å². The third-order valence-electron chi connectivity index (χ3n) is 4.26. The molecule has 24 heavy (non-hydrogen) atoms. The summed E-state index contributed by atoms with van der Waals surface area (Å²) in [6.07, 6.45) is 7.94. The number of hydrogen-bond donors (Lipinski definition) is 1. The van der Waals surface area contributed by atoms with Crippen molar-refractivity contribution in [3.05, 3.63) is 24.7 Å². The van der Waals surface area contributed by atoms with Gasteiger partial charge in [0.2, 0.25) is 0 Å². The molecule has 4 atom stereocenters. The van der Waals surface area contributed by atoms with Gasteiger partial charge in [-0.25, -0.2) is 4.99 Å². The molecule has 1 saturated heterocycles. The van der Waals surface area contributed by atoms with Crippen LogP contribution >= 0.6 is 6.89 Å². The average molecular weight is 355 g/mol. The maximum Gasteiger partial charge on any atom is 0.164 e. The Labute approximate surface area is 145 Å². The highest BCUT2D eigenvalue weighted by molar-refractivity contribution is 7.72. The molecule has 0 spiro atoms. The summed E-state index contributed by atoms with van der Waals surface area (Å²) >= 11 is 0. The number of aliphatic imine (C=N–C) groups is 1. The van der Waals surface area contributed by atoms with Gasteiger partial charge in [0.15, 0.2) is 6.23 Å². The predicted octanol–water partition coefficient (Wildman–Crippen LogP) is 1.45. The molecule has 7 heteroatoms. The second kappa shape index (κ2) is 7.44. The van der Waals surface area contributed by atoms with Crippen LogP contribution in [-0.2, 0) is 9.47 Å². The van der Waals surface area contributed by atoms with Crippen molar-refractivity contribution in [2.24, 2.45) is 4.99 Å². The van der Waals surface area contributed by atoms with Crippen LogP contribution in [0.3, 0.4) is 0 Å². The van der Waals surface area contributed by atoms with Crippen molar-refractivity contribution < 1.29 is 14.6 Å². The quantitative estimate of drug-likeness (QED) is 0.757. The van der Waals surface area contributed by atoms with E-state index in [1.165, 1.54) is 0 Å². The van der Waals surface area contributed by atoms with Crippen molar-refractivity contribution in [2.75, 3.05) is 40.7 Å². The van der Waals surface area contributed by atoms with Gasteiger partial charge in [0.05, 0.1) is 6.10 Å². The number of rotatable bonds is 5. The van der Waals surface area contributed by atoms with Crippen molar-refractivity contribution in [3.8, 4) is 0 Å². The molecule has 0 amide bonds. The van der Waals surface area contributed by atoms with Crippen LogP contribution in [0.4, 0.5) is 0 Å². The predicted molar refractivity (Wildman–Crippen MR) is 102 cm³/mol. The van der Waals surface area contributed by atoms with Crippen LogP contribution in [0, 0.1) is 0 Å².